The van der Waals surface area contributed by atoms with Crippen molar-refractivity contribution >= 4 is 10.8 Å². The van der Waals surface area contributed by atoms with E-state index in [0.717, 1.165) is 6.54 Å². The summed E-state index contributed by atoms with van der Waals surface area (Å²) in [6, 6.07) is 15.5. The van der Waals surface area contributed by atoms with Crippen molar-refractivity contribution in [2.24, 2.45) is 5.41 Å². The summed E-state index contributed by atoms with van der Waals surface area (Å²) in [5.41, 5.74) is 2.03. The average Bonchev–Trinajstić information content (AvgIpc) is 2.56. The summed E-state index contributed by atoms with van der Waals surface area (Å²) >= 11 is 0. The van der Waals surface area contributed by atoms with Crippen LogP contribution >= 0.6 is 0 Å². The highest BCUT2D eigenvalue weighted by Crippen LogP contribution is 2.36. The van der Waals surface area contributed by atoms with Crippen molar-refractivity contribution in [2.75, 3.05) is 26.2 Å². The van der Waals surface area contributed by atoms with Crippen molar-refractivity contribution in [1.82, 2.24) is 10.2 Å². The van der Waals surface area contributed by atoms with Crippen molar-refractivity contribution in [3.63, 3.8) is 0 Å². The fourth-order valence-electron chi connectivity index (χ4n) is 4.50. The van der Waals surface area contributed by atoms with Crippen LogP contribution in [0.4, 0.5) is 0 Å². The van der Waals surface area contributed by atoms with Gasteiger partial charge in [-0.25, -0.2) is 0 Å². The van der Waals surface area contributed by atoms with Crippen LogP contribution in [0.1, 0.15) is 31.2 Å². The molecule has 2 heterocycles. The standard InChI is InChI=1S/C20H26N2/c1-2-9-19-17(6-1)7-3-8-18(19)14-22-13-5-11-20(16-22)10-4-12-21-15-20/h1-3,6-9,21H,4-5,10-16H2. The number of nitrogens with zero attached hydrogens (tertiary/aromatic N) is 1. The minimum atomic E-state index is 0.543. The van der Waals surface area contributed by atoms with Crippen molar-refractivity contribution < 1.29 is 0 Å². The Morgan fingerprint density at radius 1 is 1.00 bits per heavy atom. The van der Waals surface area contributed by atoms with Crippen molar-refractivity contribution in [3.8, 4) is 0 Å². The first-order valence-electron chi connectivity index (χ1n) is 8.74. The average molecular weight is 294 g/mol. The summed E-state index contributed by atoms with van der Waals surface area (Å²) < 4.78 is 0. The number of likely N-dealkylation sites (tertiary alicyclic amines) is 1. The van der Waals surface area contributed by atoms with Crippen LogP contribution in [0.5, 0.6) is 0 Å². The first-order valence-corrected chi connectivity index (χ1v) is 8.74. The third kappa shape index (κ3) is 2.78. The number of benzene rings is 2. The van der Waals surface area contributed by atoms with Gasteiger partial charge in [-0.05, 0) is 60.5 Å². The molecule has 22 heavy (non-hydrogen) atoms. The highest BCUT2D eigenvalue weighted by atomic mass is 15.1. The molecule has 1 spiro atoms. The molecule has 1 unspecified atom stereocenters. The van der Waals surface area contributed by atoms with Crippen LogP contribution in [0.2, 0.25) is 0 Å². The zero-order chi connectivity index (χ0) is 14.8. The summed E-state index contributed by atoms with van der Waals surface area (Å²) in [5.74, 6) is 0. The molecule has 2 heteroatoms. The largest absolute Gasteiger partial charge is 0.316 e. The van der Waals surface area contributed by atoms with E-state index in [1.54, 1.807) is 0 Å². The molecule has 0 saturated carbocycles. The quantitative estimate of drug-likeness (QED) is 0.906. The molecule has 2 aromatic rings. The lowest BCUT2D eigenvalue weighted by molar-refractivity contribution is 0.0603. The lowest BCUT2D eigenvalue weighted by Gasteiger charge is -2.45. The van der Waals surface area contributed by atoms with E-state index in [1.165, 1.54) is 68.2 Å². The molecule has 2 aromatic carbocycles. The maximum absolute atomic E-state index is 3.63. The van der Waals surface area contributed by atoms with Gasteiger partial charge in [-0.1, -0.05) is 42.5 Å². The molecule has 0 radical (unpaired) electrons. The van der Waals surface area contributed by atoms with Gasteiger partial charge in [0.15, 0.2) is 0 Å². The van der Waals surface area contributed by atoms with Gasteiger partial charge in [0.25, 0.3) is 0 Å². The summed E-state index contributed by atoms with van der Waals surface area (Å²) in [7, 11) is 0. The highest BCUT2D eigenvalue weighted by Gasteiger charge is 2.36. The Balaban J connectivity index is 1.54. The molecule has 0 aromatic heterocycles. The van der Waals surface area contributed by atoms with E-state index >= 15 is 0 Å². The van der Waals surface area contributed by atoms with Gasteiger partial charge in [-0.15, -0.1) is 0 Å². The van der Waals surface area contributed by atoms with E-state index in [1.807, 2.05) is 0 Å². The Bertz CT molecular complexity index is 632. The van der Waals surface area contributed by atoms with Crippen LogP contribution in [0, 0.1) is 5.41 Å². The van der Waals surface area contributed by atoms with Gasteiger partial charge < -0.3 is 5.32 Å². The molecule has 4 rings (SSSR count). The molecule has 116 valence electrons. The third-order valence-corrected chi connectivity index (χ3v) is 5.58. The Hall–Kier alpha value is -1.38. The number of piperidine rings is 2. The highest BCUT2D eigenvalue weighted by molar-refractivity contribution is 5.85. The molecular formula is C20H26N2. The normalized spacial score (nSPS) is 26.5. The Labute approximate surface area is 133 Å². The lowest BCUT2D eigenvalue weighted by Crippen LogP contribution is -2.50. The summed E-state index contributed by atoms with van der Waals surface area (Å²) in [5, 5.41) is 6.42. The van der Waals surface area contributed by atoms with E-state index in [9.17, 15) is 0 Å². The fourth-order valence-corrected chi connectivity index (χ4v) is 4.50. The van der Waals surface area contributed by atoms with E-state index in [4.69, 9.17) is 0 Å². The van der Waals surface area contributed by atoms with Crippen LogP contribution in [-0.2, 0) is 6.54 Å². The maximum atomic E-state index is 3.63. The van der Waals surface area contributed by atoms with Gasteiger partial charge in [0, 0.05) is 19.6 Å². The number of rotatable bonds is 2. The fraction of sp³-hybridized carbons (Fsp3) is 0.500. The maximum Gasteiger partial charge on any atom is 0.0240 e. The van der Waals surface area contributed by atoms with E-state index in [0.29, 0.717) is 5.41 Å². The van der Waals surface area contributed by atoms with Crippen LogP contribution < -0.4 is 5.32 Å². The zero-order valence-electron chi connectivity index (χ0n) is 13.4. The van der Waals surface area contributed by atoms with Crippen LogP contribution in [0.25, 0.3) is 10.8 Å². The third-order valence-electron chi connectivity index (χ3n) is 5.58. The van der Waals surface area contributed by atoms with E-state index < -0.39 is 0 Å². The molecule has 2 nitrogen and oxygen atoms in total. The molecule has 2 saturated heterocycles. The van der Waals surface area contributed by atoms with Crippen LogP contribution in [0.3, 0.4) is 0 Å². The molecule has 0 amide bonds. The minimum Gasteiger partial charge on any atom is -0.316 e. The number of fused-ring (bicyclic) bond motifs is 1. The van der Waals surface area contributed by atoms with Crippen molar-refractivity contribution in [3.05, 3.63) is 48.0 Å². The van der Waals surface area contributed by atoms with Crippen LogP contribution in [-0.4, -0.2) is 31.1 Å². The smallest absolute Gasteiger partial charge is 0.0240 e. The second-order valence-electron chi connectivity index (χ2n) is 7.23. The Morgan fingerprint density at radius 2 is 1.86 bits per heavy atom. The van der Waals surface area contributed by atoms with E-state index in [2.05, 4.69) is 52.7 Å². The van der Waals surface area contributed by atoms with Gasteiger partial charge in [-0.3, -0.25) is 4.90 Å². The summed E-state index contributed by atoms with van der Waals surface area (Å²) in [4.78, 5) is 2.69. The number of nitrogens with one attached hydrogen (secondary N) is 1. The molecular weight excluding hydrogens is 268 g/mol. The monoisotopic (exact) mass is 294 g/mol. The topological polar surface area (TPSA) is 15.3 Å². The second-order valence-corrected chi connectivity index (χ2v) is 7.23. The molecule has 2 aliphatic rings. The van der Waals surface area contributed by atoms with Gasteiger partial charge in [0.2, 0.25) is 0 Å². The molecule has 0 aliphatic carbocycles. The van der Waals surface area contributed by atoms with Crippen molar-refractivity contribution in [2.45, 2.75) is 32.2 Å². The van der Waals surface area contributed by atoms with E-state index in [-0.39, 0.29) is 0 Å². The minimum absolute atomic E-state index is 0.543. The van der Waals surface area contributed by atoms with Gasteiger partial charge in [0.05, 0.1) is 0 Å². The second kappa shape index (κ2) is 6.02. The zero-order valence-corrected chi connectivity index (χ0v) is 13.4. The summed E-state index contributed by atoms with van der Waals surface area (Å²) in [6.07, 6.45) is 5.52. The molecule has 2 aliphatic heterocycles. The van der Waals surface area contributed by atoms with Gasteiger partial charge in [0.1, 0.15) is 0 Å². The number of hydrogen-bond donors (Lipinski definition) is 1. The molecule has 2 fully saturated rings. The molecule has 0 bridgehead atoms. The predicted molar refractivity (Wildman–Crippen MR) is 93.0 cm³/mol. The van der Waals surface area contributed by atoms with Crippen molar-refractivity contribution in [1.29, 1.82) is 0 Å². The first kappa shape index (κ1) is 14.2. The van der Waals surface area contributed by atoms with Gasteiger partial charge in [-0.2, -0.15) is 0 Å². The predicted octanol–water partition coefficient (Wildman–Crippen LogP) is 3.81. The number of hydrogen-bond acceptors (Lipinski definition) is 2. The molecule has 1 N–H and O–H groups in total. The van der Waals surface area contributed by atoms with Crippen LogP contribution in [0.15, 0.2) is 42.5 Å². The van der Waals surface area contributed by atoms with Gasteiger partial charge >= 0.3 is 0 Å². The Morgan fingerprint density at radius 3 is 2.77 bits per heavy atom. The lowest BCUT2D eigenvalue weighted by atomic mass is 9.74. The first-order chi connectivity index (χ1) is 10.8. The molecule has 1 atom stereocenters. The SMILES string of the molecule is c1ccc2c(CN3CCCC4(CCCNC4)C3)cccc2c1. The summed E-state index contributed by atoms with van der Waals surface area (Å²) in [6.45, 7) is 6.06. The Kier molecular flexibility index (Phi) is 3.89.